The van der Waals surface area contributed by atoms with Gasteiger partial charge in [-0.2, -0.15) is 0 Å². The smallest absolute Gasteiger partial charge is 0.239 e. The molecular weight excluding hydrogens is 212 g/mol. The van der Waals surface area contributed by atoms with Crippen LogP contribution in [0, 0.1) is 0 Å². The molecule has 1 aliphatic heterocycles. The number of primary amides is 1. The van der Waals surface area contributed by atoms with Crippen LogP contribution < -0.4 is 21.7 Å². The predicted octanol–water partition coefficient (Wildman–Crippen LogP) is -2.54. The van der Waals surface area contributed by atoms with Gasteiger partial charge in [0.15, 0.2) is 0 Å². The fraction of sp³-hybridized carbons (Fsp3) is 0.667. The standard InChI is InChI=1S/C9H16N4O3/c10-7(14)4-12-8(15)5-13-9(16)6-2-1-3-11-6/h6,11H,1-5H2,(H2,10,14)(H,12,15)(H,13,16). The SMILES string of the molecule is NC(=O)CNC(=O)CNC(=O)C1CCCN1. The van der Waals surface area contributed by atoms with Crippen LogP contribution in [0.15, 0.2) is 0 Å². The third kappa shape index (κ3) is 4.26. The Labute approximate surface area is 93.1 Å². The third-order valence-electron chi connectivity index (χ3n) is 2.26. The van der Waals surface area contributed by atoms with Crippen LogP contribution in [0.4, 0.5) is 0 Å². The maximum Gasteiger partial charge on any atom is 0.239 e. The van der Waals surface area contributed by atoms with Gasteiger partial charge in [0.25, 0.3) is 0 Å². The Morgan fingerprint density at radius 1 is 1.25 bits per heavy atom. The first-order valence-electron chi connectivity index (χ1n) is 5.15. The van der Waals surface area contributed by atoms with Gasteiger partial charge in [-0.3, -0.25) is 14.4 Å². The summed E-state index contributed by atoms with van der Waals surface area (Å²) in [6, 6.07) is -0.205. The van der Waals surface area contributed by atoms with E-state index >= 15 is 0 Å². The molecule has 0 saturated carbocycles. The van der Waals surface area contributed by atoms with Gasteiger partial charge < -0.3 is 21.7 Å². The molecule has 0 aliphatic carbocycles. The fourth-order valence-corrected chi connectivity index (χ4v) is 1.45. The maximum absolute atomic E-state index is 11.4. The molecule has 5 N–H and O–H groups in total. The summed E-state index contributed by atoms with van der Waals surface area (Å²) >= 11 is 0. The average molecular weight is 228 g/mol. The Kier molecular flexibility index (Phi) is 4.71. The lowest BCUT2D eigenvalue weighted by molar-refractivity contribution is -0.127. The van der Waals surface area contributed by atoms with Gasteiger partial charge in [0.05, 0.1) is 19.1 Å². The van der Waals surface area contributed by atoms with Gasteiger partial charge in [-0.25, -0.2) is 0 Å². The highest BCUT2D eigenvalue weighted by molar-refractivity contribution is 5.89. The summed E-state index contributed by atoms with van der Waals surface area (Å²) in [6.07, 6.45) is 1.75. The number of rotatable bonds is 5. The first kappa shape index (κ1) is 12.4. The molecule has 90 valence electrons. The monoisotopic (exact) mass is 228 g/mol. The van der Waals surface area contributed by atoms with Crippen molar-refractivity contribution in [2.24, 2.45) is 5.73 Å². The van der Waals surface area contributed by atoms with Crippen LogP contribution in [-0.4, -0.2) is 43.4 Å². The summed E-state index contributed by atoms with van der Waals surface area (Å²) in [5, 5.41) is 7.77. The van der Waals surface area contributed by atoms with Crippen LogP contribution in [-0.2, 0) is 14.4 Å². The van der Waals surface area contributed by atoms with Gasteiger partial charge in [-0.05, 0) is 19.4 Å². The van der Waals surface area contributed by atoms with Crippen molar-refractivity contribution in [1.29, 1.82) is 0 Å². The number of nitrogens with two attached hydrogens (primary N) is 1. The predicted molar refractivity (Wildman–Crippen MR) is 56.2 cm³/mol. The Balaban J connectivity index is 2.15. The summed E-state index contributed by atoms with van der Waals surface area (Å²) in [4.78, 5) is 32.9. The molecule has 3 amide bonds. The quantitative estimate of drug-likeness (QED) is 0.415. The number of carbonyl (C=O) groups excluding carboxylic acids is 3. The van der Waals surface area contributed by atoms with Crippen LogP contribution in [0.3, 0.4) is 0 Å². The molecule has 1 saturated heterocycles. The molecule has 0 bridgehead atoms. The van der Waals surface area contributed by atoms with E-state index in [1.165, 1.54) is 0 Å². The highest BCUT2D eigenvalue weighted by Crippen LogP contribution is 2.03. The van der Waals surface area contributed by atoms with E-state index in [2.05, 4.69) is 16.0 Å². The van der Waals surface area contributed by atoms with E-state index in [1.54, 1.807) is 0 Å². The molecule has 16 heavy (non-hydrogen) atoms. The Morgan fingerprint density at radius 3 is 2.56 bits per heavy atom. The van der Waals surface area contributed by atoms with E-state index < -0.39 is 11.8 Å². The van der Waals surface area contributed by atoms with E-state index in [-0.39, 0.29) is 25.0 Å². The van der Waals surface area contributed by atoms with Crippen molar-refractivity contribution in [2.75, 3.05) is 19.6 Å². The topological polar surface area (TPSA) is 113 Å². The van der Waals surface area contributed by atoms with Crippen LogP contribution in [0.25, 0.3) is 0 Å². The second kappa shape index (κ2) is 6.06. The van der Waals surface area contributed by atoms with Crippen molar-refractivity contribution in [2.45, 2.75) is 18.9 Å². The third-order valence-corrected chi connectivity index (χ3v) is 2.26. The lowest BCUT2D eigenvalue weighted by Gasteiger charge is -2.10. The Morgan fingerprint density at radius 2 is 2.00 bits per heavy atom. The molecule has 1 fully saturated rings. The maximum atomic E-state index is 11.4. The van der Waals surface area contributed by atoms with Crippen LogP contribution >= 0.6 is 0 Å². The van der Waals surface area contributed by atoms with Gasteiger partial charge in [-0.1, -0.05) is 0 Å². The minimum Gasteiger partial charge on any atom is -0.368 e. The first-order valence-corrected chi connectivity index (χ1v) is 5.15. The minimum atomic E-state index is -0.614. The highest BCUT2D eigenvalue weighted by Gasteiger charge is 2.21. The Hall–Kier alpha value is -1.63. The number of amides is 3. The average Bonchev–Trinajstić information content (AvgIpc) is 2.76. The molecule has 0 radical (unpaired) electrons. The van der Waals surface area contributed by atoms with E-state index in [9.17, 15) is 14.4 Å². The normalized spacial score (nSPS) is 19.1. The fourth-order valence-electron chi connectivity index (χ4n) is 1.45. The molecule has 1 rings (SSSR count). The number of hydrogen-bond acceptors (Lipinski definition) is 4. The number of carbonyl (C=O) groups is 3. The van der Waals surface area contributed by atoms with E-state index in [0.717, 1.165) is 19.4 Å². The number of nitrogens with one attached hydrogen (secondary N) is 3. The number of hydrogen-bond donors (Lipinski definition) is 4. The second-order valence-corrected chi connectivity index (χ2v) is 3.61. The first-order chi connectivity index (χ1) is 7.59. The lowest BCUT2D eigenvalue weighted by Crippen LogP contribution is -2.45. The molecule has 1 atom stereocenters. The van der Waals surface area contributed by atoms with Crippen LogP contribution in [0.2, 0.25) is 0 Å². The highest BCUT2D eigenvalue weighted by atomic mass is 16.2. The lowest BCUT2D eigenvalue weighted by atomic mass is 10.2. The zero-order valence-corrected chi connectivity index (χ0v) is 8.91. The van der Waals surface area contributed by atoms with Gasteiger partial charge in [0.1, 0.15) is 0 Å². The zero-order valence-electron chi connectivity index (χ0n) is 8.91. The van der Waals surface area contributed by atoms with Crippen molar-refractivity contribution in [3.63, 3.8) is 0 Å². The zero-order chi connectivity index (χ0) is 12.0. The van der Waals surface area contributed by atoms with Crippen molar-refractivity contribution >= 4 is 17.7 Å². The van der Waals surface area contributed by atoms with Crippen LogP contribution in [0.5, 0.6) is 0 Å². The molecule has 1 aliphatic rings. The van der Waals surface area contributed by atoms with Gasteiger partial charge in [-0.15, -0.1) is 0 Å². The second-order valence-electron chi connectivity index (χ2n) is 3.61. The van der Waals surface area contributed by atoms with Crippen LogP contribution in [0.1, 0.15) is 12.8 Å². The van der Waals surface area contributed by atoms with Crippen molar-refractivity contribution in [3.8, 4) is 0 Å². The summed E-state index contributed by atoms with van der Waals surface area (Å²) < 4.78 is 0. The largest absolute Gasteiger partial charge is 0.368 e. The minimum absolute atomic E-state index is 0.135. The van der Waals surface area contributed by atoms with Crippen molar-refractivity contribution < 1.29 is 14.4 Å². The van der Waals surface area contributed by atoms with Crippen molar-refractivity contribution in [1.82, 2.24) is 16.0 Å². The van der Waals surface area contributed by atoms with Gasteiger partial charge in [0.2, 0.25) is 17.7 Å². The summed E-state index contributed by atoms with van der Waals surface area (Å²) in [5.41, 5.74) is 4.85. The van der Waals surface area contributed by atoms with E-state index in [1.807, 2.05) is 0 Å². The molecule has 0 aromatic rings. The Bertz CT molecular complexity index is 286. The summed E-state index contributed by atoms with van der Waals surface area (Å²) in [5.74, 6) is -1.23. The van der Waals surface area contributed by atoms with E-state index in [0.29, 0.717) is 0 Å². The molecule has 7 nitrogen and oxygen atoms in total. The van der Waals surface area contributed by atoms with Gasteiger partial charge in [0, 0.05) is 0 Å². The molecule has 7 heteroatoms. The summed E-state index contributed by atoms with van der Waals surface area (Å²) in [7, 11) is 0. The molecular formula is C9H16N4O3. The molecule has 1 unspecified atom stereocenters. The molecule has 1 heterocycles. The van der Waals surface area contributed by atoms with Crippen molar-refractivity contribution in [3.05, 3.63) is 0 Å². The van der Waals surface area contributed by atoms with E-state index in [4.69, 9.17) is 5.73 Å². The molecule has 0 aromatic carbocycles. The molecule has 0 aromatic heterocycles. The van der Waals surface area contributed by atoms with Gasteiger partial charge >= 0.3 is 0 Å². The summed E-state index contributed by atoms with van der Waals surface area (Å²) in [6.45, 7) is 0.479. The molecule has 0 spiro atoms.